The molecule has 0 aliphatic heterocycles. The maximum Gasteiger partial charge on any atom is 0.348 e. The molecule has 0 radical (unpaired) electrons. The number of benzene rings is 1. The normalized spacial score (nSPS) is 12.2. The van der Waals surface area contributed by atoms with Crippen molar-refractivity contribution in [3.05, 3.63) is 35.1 Å². The highest BCUT2D eigenvalue weighted by Crippen LogP contribution is 2.39. The van der Waals surface area contributed by atoms with Crippen LogP contribution < -0.4 is 4.90 Å². The quantitative estimate of drug-likeness (QED) is 0.398. The van der Waals surface area contributed by atoms with E-state index < -0.39 is 0 Å². The van der Waals surface area contributed by atoms with E-state index in [1.165, 1.54) is 17.5 Å². The van der Waals surface area contributed by atoms with Crippen LogP contribution in [0.5, 0.6) is 0 Å². The Labute approximate surface area is 156 Å². The van der Waals surface area contributed by atoms with Crippen LogP contribution in [-0.4, -0.2) is 39.6 Å². The minimum absolute atomic E-state index is 0.331. The smallest absolute Gasteiger partial charge is 0.348 e. The predicted octanol–water partition coefficient (Wildman–Crippen LogP) is 4.82. The lowest BCUT2D eigenvalue weighted by molar-refractivity contribution is 0.0532. The standard InChI is InChI=1S/C18H21N5O2S/c1-6-20-16(11-19-3)22-21-13-8-9-14(23(4)5)12-10-15(26-17(12)13)18(24)25-7-2/h6,8-11H,3,7H2,1-2,4-5H3/b16-11+,20-6-,22-21+. The molecule has 2 rings (SSSR count). The summed E-state index contributed by atoms with van der Waals surface area (Å²) in [5, 5.41) is 9.33. The Hall–Kier alpha value is -2.87. The van der Waals surface area contributed by atoms with Crippen LogP contribution in [0.3, 0.4) is 0 Å². The topological polar surface area (TPSA) is 79.0 Å². The Morgan fingerprint density at radius 2 is 2.15 bits per heavy atom. The molecule has 0 saturated heterocycles. The molecule has 0 saturated carbocycles. The molecule has 8 heteroatoms. The lowest BCUT2D eigenvalue weighted by Gasteiger charge is -2.14. The average Bonchev–Trinajstić information content (AvgIpc) is 3.05. The number of anilines is 1. The lowest BCUT2D eigenvalue weighted by atomic mass is 10.2. The predicted molar refractivity (Wildman–Crippen MR) is 108 cm³/mol. The molecule has 0 bridgehead atoms. The van der Waals surface area contributed by atoms with E-state index in [4.69, 9.17) is 4.74 Å². The molecule has 2 aromatic rings. The third-order valence-electron chi connectivity index (χ3n) is 3.33. The summed E-state index contributed by atoms with van der Waals surface area (Å²) in [5.41, 5.74) is 1.63. The number of ether oxygens (including phenoxy) is 1. The van der Waals surface area contributed by atoms with E-state index >= 15 is 0 Å². The van der Waals surface area contributed by atoms with Crippen molar-refractivity contribution in [2.24, 2.45) is 20.2 Å². The zero-order valence-electron chi connectivity index (χ0n) is 15.3. The highest BCUT2D eigenvalue weighted by Gasteiger charge is 2.16. The molecule has 1 heterocycles. The molecule has 0 amide bonds. The summed E-state index contributed by atoms with van der Waals surface area (Å²) in [5.74, 6) is 0.00262. The largest absolute Gasteiger partial charge is 0.462 e. The van der Waals surface area contributed by atoms with Crippen molar-refractivity contribution >= 4 is 51.7 Å². The van der Waals surface area contributed by atoms with Gasteiger partial charge >= 0.3 is 5.97 Å². The molecule has 1 aromatic heterocycles. The van der Waals surface area contributed by atoms with Crippen molar-refractivity contribution in [3.8, 4) is 0 Å². The zero-order chi connectivity index (χ0) is 19.1. The van der Waals surface area contributed by atoms with Crippen LogP contribution in [0.25, 0.3) is 10.1 Å². The van der Waals surface area contributed by atoms with Gasteiger partial charge in [-0.05, 0) is 38.8 Å². The molecule has 1 aromatic carbocycles. The number of esters is 1. The summed E-state index contributed by atoms with van der Waals surface area (Å²) in [6.45, 7) is 7.30. The first-order valence-corrected chi connectivity index (χ1v) is 8.80. The van der Waals surface area contributed by atoms with Crippen LogP contribution in [0.2, 0.25) is 0 Å². The molecule has 0 spiro atoms. The molecule has 0 unspecified atom stereocenters. The Balaban J connectivity index is 2.56. The number of azo groups is 1. The molecule has 0 N–H and O–H groups in total. The van der Waals surface area contributed by atoms with Crippen LogP contribution in [0.4, 0.5) is 11.4 Å². The number of thiophene rings is 1. The SMILES string of the molecule is C=N/C=C(\N=C/C)/N=N/c1ccc(N(C)C)c2cc(C(=O)OCC)sc12. The molecule has 0 aliphatic carbocycles. The van der Waals surface area contributed by atoms with E-state index in [0.29, 0.717) is 23.0 Å². The third kappa shape index (κ3) is 4.40. The van der Waals surface area contributed by atoms with Crippen molar-refractivity contribution in [1.82, 2.24) is 0 Å². The first-order valence-electron chi connectivity index (χ1n) is 7.99. The lowest BCUT2D eigenvalue weighted by Crippen LogP contribution is -2.08. The van der Waals surface area contributed by atoms with Gasteiger partial charge in [0.2, 0.25) is 0 Å². The van der Waals surface area contributed by atoms with Crippen LogP contribution >= 0.6 is 11.3 Å². The van der Waals surface area contributed by atoms with Crippen LogP contribution in [-0.2, 0) is 4.74 Å². The van der Waals surface area contributed by atoms with E-state index in [2.05, 4.69) is 26.9 Å². The van der Waals surface area contributed by atoms with Crippen LogP contribution in [0, 0.1) is 0 Å². The highest BCUT2D eigenvalue weighted by molar-refractivity contribution is 7.21. The maximum absolute atomic E-state index is 12.1. The van der Waals surface area contributed by atoms with Gasteiger partial charge in [0.25, 0.3) is 0 Å². The van der Waals surface area contributed by atoms with E-state index in [1.807, 2.05) is 37.2 Å². The maximum atomic E-state index is 12.1. The number of rotatable bonds is 7. The van der Waals surface area contributed by atoms with Crippen molar-refractivity contribution in [1.29, 1.82) is 0 Å². The Kier molecular flexibility index (Phi) is 6.74. The summed E-state index contributed by atoms with van der Waals surface area (Å²) >= 11 is 1.33. The molecule has 0 fully saturated rings. The number of carbonyl (C=O) groups excluding carboxylic acids is 1. The Bertz CT molecular complexity index is 896. The van der Waals surface area contributed by atoms with Gasteiger partial charge in [-0.1, -0.05) is 0 Å². The van der Waals surface area contributed by atoms with E-state index in [1.54, 1.807) is 20.1 Å². The molecule has 0 aliphatic rings. The van der Waals surface area contributed by atoms with Gasteiger partial charge in [-0.2, -0.15) is 0 Å². The molecule has 26 heavy (non-hydrogen) atoms. The fourth-order valence-electron chi connectivity index (χ4n) is 2.27. The van der Waals surface area contributed by atoms with Crippen molar-refractivity contribution in [2.45, 2.75) is 13.8 Å². The summed E-state index contributed by atoms with van der Waals surface area (Å²) in [4.78, 5) is 22.4. The van der Waals surface area contributed by atoms with Crippen molar-refractivity contribution in [2.75, 3.05) is 25.6 Å². The summed E-state index contributed by atoms with van der Waals surface area (Å²) in [6.07, 6.45) is 3.03. The van der Waals surface area contributed by atoms with Gasteiger partial charge in [0.1, 0.15) is 10.6 Å². The number of hydrogen-bond donors (Lipinski definition) is 0. The molecule has 136 valence electrons. The first kappa shape index (κ1) is 19.5. The minimum Gasteiger partial charge on any atom is -0.462 e. The van der Waals surface area contributed by atoms with Crippen LogP contribution in [0.15, 0.2) is 50.4 Å². The summed E-state index contributed by atoms with van der Waals surface area (Å²) in [6, 6.07) is 5.64. The van der Waals surface area contributed by atoms with E-state index in [9.17, 15) is 4.79 Å². The van der Waals surface area contributed by atoms with E-state index in [0.717, 1.165) is 15.8 Å². The fourth-order valence-corrected chi connectivity index (χ4v) is 3.30. The Morgan fingerprint density at radius 1 is 1.38 bits per heavy atom. The van der Waals surface area contributed by atoms with Gasteiger partial charge in [-0.25, -0.2) is 9.79 Å². The third-order valence-corrected chi connectivity index (χ3v) is 4.46. The zero-order valence-corrected chi connectivity index (χ0v) is 16.1. The number of carbonyl (C=O) groups is 1. The first-order chi connectivity index (χ1) is 12.5. The van der Waals surface area contributed by atoms with Crippen LogP contribution in [0.1, 0.15) is 23.5 Å². The number of hydrogen-bond acceptors (Lipinski definition) is 8. The van der Waals surface area contributed by atoms with Gasteiger partial charge in [0, 0.05) is 31.4 Å². The summed E-state index contributed by atoms with van der Waals surface area (Å²) in [7, 11) is 3.90. The van der Waals surface area contributed by atoms with E-state index in [-0.39, 0.29) is 5.97 Å². The number of aliphatic imine (C=N–C) groups is 2. The molecular formula is C18H21N5O2S. The summed E-state index contributed by atoms with van der Waals surface area (Å²) < 4.78 is 5.97. The fraction of sp³-hybridized carbons (Fsp3) is 0.278. The minimum atomic E-state index is -0.340. The average molecular weight is 371 g/mol. The highest BCUT2D eigenvalue weighted by atomic mass is 32.1. The van der Waals surface area contributed by atoms with Crippen molar-refractivity contribution in [3.63, 3.8) is 0 Å². The van der Waals surface area contributed by atoms with Gasteiger partial charge < -0.3 is 9.64 Å². The monoisotopic (exact) mass is 371 g/mol. The van der Waals surface area contributed by atoms with Crippen molar-refractivity contribution < 1.29 is 9.53 Å². The second-order valence-electron chi connectivity index (χ2n) is 5.33. The number of nitrogens with zero attached hydrogens (tertiary/aromatic N) is 5. The second-order valence-corrected chi connectivity index (χ2v) is 6.38. The van der Waals surface area contributed by atoms with Gasteiger partial charge in [-0.15, -0.1) is 21.6 Å². The van der Waals surface area contributed by atoms with Gasteiger partial charge in [0.05, 0.1) is 17.5 Å². The molecule has 7 nitrogen and oxygen atoms in total. The molecule has 0 atom stereocenters. The Morgan fingerprint density at radius 3 is 2.77 bits per heavy atom. The second kappa shape index (κ2) is 9.00. The number of fused-ring (bicyclic) bond motifs is 1. The molecular weight excluding hydrogens is 350 g/mol. The van der Waals surface area contributed by atoms with Gasteiger partial charge in [-0.3, -0.25) is 4.99 Å². The van der Waals surface area contributed by atoms with Gasteiger partial charge in [0.15, 0.2) is 5.82 Å².